The number of pyridine rings is 1. The molecule has 1 heterocycles. The summed E-state index contributed by atoms with van der Waals surface area (Å²) >= 11 is 0. The van der Waals surface area contributed by atoms with E-state index < -0.39 is 24.0 Å². The van der Waals surface area contributed by atoms with Gasteiger partial charge in [-0.2, -0.15) is 0 Å². The molecule has 1 aromatic heterocycles. The molecule has 2 amide bonds. The van der Waals surface area contributed by atoms with Crippen molar-refractivity contribution in [3.8, 4) is 0 Å². The Morgan fingerprint density at radius 3 is 2.70 bits per heavy atom. The molecule has 1 rings (SSSR count). The van der Waals surface area contributed by atoms with E-state index in [0.29, 0.717) is 6.54 Å². The number of carboxylic acids is 1. The molecule has 0 aliphatic carbocycles. The van der Waals surface area contributed by atoms with Crippen LogP contribution in [0.2, 0.25) is 0 Å². The number of amides is 2. The highest BCUT2D eigenvalue weighted by Crippen LogP contribution is 2.07. The SMILES string of the molecule is CN(Cc1ccccn1)C(=O)NCC(C)(O)CC(=O)O. The van der Waals surface area contributed by atoms with Crippen molar-refractivity contribution in [3.05, 3.63) is 30.1 Å². The van der Waals surface area contributed by atoms with Gasteiger partial charge in [0.25, 0.3) is 0 Å². The lowest BCUT2D eigenvalue weighted by molar-refractivity contribution is -0.141. The van der Waals surface area contributed by atoms with Crippen LogP contribution in [0.4, 0.5) is 4.79 Å². The molecule has 1 atom stereocenters. The van der Waals surface area contributed by atoms with Crippen molar-refractivity contribution < 1.29 is 19.8 Å². The van der Waals surface area contributed by atoms with Gasteiger partial charge in [-0.25, -0.2) is 4.79 Å². The van der Waals surface area contributed by atoms with Gasteiger partial charge in [0.2, 0.25) is 0 Å². The molecule has 3 N–H and O–H groups in total. The fourth-order valence-corrected chi connectivity index (χ4v) is 1.60. The van der Waals surface area contributed by atoms with E-state index >= 15 is 0 Å². The first kappa shape index (κ1) is 15.9. The van der Waals surface area contributed by atoms with Crippen molar-refractivity contribution in [2.75, 3.05) is 13.6 Å². The van der Waals surface area contributed by atoms with Gasteiger partial charge < -0.3 is 20.4 Å². The molecule has 0 saturated heterocycles. The minimum atomic E-state index is -1.48. The quantitative estimate of drug-likeness (QED) is 0.702. The Hall–Kier alpha value is -2.15. The summed E-state index contributed by atoms with van der Waals surface area (Å²) in [5.74, 6) is -1.12. The summed E-state index contributed by atoms with van der Waals surface area (Å²) in [6, 6.07) is 5.00. The zero-order valence-corrected chi connectivity index (χ0v) is 11.5. The van der Waals surface area contributed by atoms with Gasteiger partial charge in [0.15, 0.2) is 0 Å². The topological polar surface area (TPSA) is 103 Å². The van der Waals surface area contributed by atoms with E-state index in [1.54, 1.807) is 25.4 Å². The van der Waals surface area contributed by atoms with E-state index in [0.717, 1.165) is 5.69 Å². The second-order valence-electron chi connectivity index (χ2n) is 4.90. The van der Waals surface area contributed by atoms with E-state index in [9.17, 15) is 14.7 Å². The molecule has 0 fully saturated rings. The van der Waals surface area contributed by atoms with E-state index in [2.05, 4.69) is 10.3 Å². The molecular formula is C13H19N3O4. The van der Waals surface area contributed by atoms with Crippen LogP contribution in [0.25, 0.3) is 0 Å². The molecule has 7 nitrogen and oxygen atoms in total. The number of nitrogens with one attached hydrogen (secondary N) is 1. The van der Waals surface area contributed by atoms with Crippen LogP contribution in [-0.2, 0) is 11.3 Å². The van der Waals surface area contributed by atoms with Crippen LogP contribution in [0.3, 0.4) is 0 Å². The van der Waals surface area contributed by atoms with Gasteiger partial charge in [0, 0.05) is 19.8 Å². The van der Waals surface area contributed by atoms with Crippen LogP contribution in [0.15, 0.2) is 24.4 Å². The summed E-state index contributed by atoms with van der Waals surface area (Å²) < 4.78 is 0. The molecule has 0 bridgehead atoms. The Labute approximate surface area is 117 Å². The van der Waals surface area contributed by atoms with Crippen LogP contribution in [0.5, 0.6) is 0 Å². The van der Waals surface area contributed by atoms with Crippen molar-refractivity contribution in [2.45, 2.75) is 25.5 Å². The standard InChI is InChI=1S/C13H19N3O4/c1-13(20,7-11(17)18)9-15-12(19)16(2)8-10-5-3-4-6-14-10/h3-6,20H,7-9H2,1-2H3,(H,15,19)(H,17,18). The number of carbonyl (C=O) groups excluding carboxylic acids is 1. The molecule has 110 valence electrons. The molecule has 7 heteroatoms. The first-order valence-electron chi connectivity index (χ1n) is 6.13. The second kappa shape index (κ2) is 6.85. The van der Waals surface area contributed by atoms with E-state index in [-0.39, 0.29) is 6.54 Å². The van der Waals surface area contributed by atoms with Crippen molar-refractivity contribution >= 4 is 12.0 Å². The minimum Gasteiger partial charge on any atom is -0.481 e. The lowest BCUT2D eigenvalue weighted by Crippen LogP contribution is -2.46. The first-order chi connectivity index (χ1) is 9.30. The fourth-order valence-electron chi connectivity index (χ4n) is 1.60. The maximum Gasteiger partial charge on any atom is 0.317 e. The highest BCUT2D eigenvalue weighted by atomic mass is 16.4. The number of urea groups is 1. The van der Waals surface area contributed by atoms with Gasteiger partial charge in [0.1, 0.15) is 0 Å². The van der Waals surface area contributed by atoms with E-state index in [1.165, 1.54) is 11.8 Å². The third-order valence-corrected chi connectivity index (χ3v) is 2.62. The number of aliphatic carboxylic acids is 1. The normalized spacial score (nSPS) is 13.3. The Balaban J connectivity index is 2.44. The highest BCUT2D eigenvalue weighted by Gasteiger charge is 2.25. The molecule has 1 unspecified atom stereocenters. The Morgan fingerprint density at radius 2 is 2.15 bits per heavy atom. The fraction of sp³-hybridized carbons (Fsp3) is 0.462. The molecule has 0 aliphatic rings. The smallest absolute Gasteiger partial charge is 0.317 e. The van der Waals surface area contributed by atoms with Gasteiger partial charge in [-0.15, -0.1) is 0 Å². The molecule has 0 aromatic carbocycles. The molecular weight excluding hydrogens is 262 g/mol. The largest absolute Gasteiger partial charge is 0.481 e. The lowest BCUT2D eigenvalue weighted by atomic mass is 10.0. The van der Waals surface area contributed by atoms with Crippen LogP contribution in [0.1, 0.15) is 19.0 Å². The predicted octanol–water partition coefficient (Wildman–Crippen LogP) is 0.449. The van der Waals surface area contributed by atoms with Crippen LogP contribution < -0.4 is 5.32 Å². The Bertz CT molecular complexity index is 462. The molecule has 20 heavy (non-hydrogen) atoms. The number of hydrogen-bond acceptors (Lipinski definition) is 4. The molecule has 0 aliphatic heterocycles. The zero-order valence-electron chi connectivity index (χ0n) is 11.5. The Morgan fingerprint density at radius 1 is 1.45 bits per heavy atom. The number of carbonyl (C=O) groups is 2. The van der Waals surface area contributed by atoms with Crippen molar-refractivity contribution in [1.82, 2.24) is 15.2 Å². The van der Waals surface area contributed by atoms with Crippen LogP contribution in [0, 0.1) is 0 Å². The molecule has 1 aromatic rings. The maximum atomic E-state index is 11.8. The average Bonchev–Trinajstić information content (AvgIpc) is 2.35. The maximum absolute atomic E-state index is 11.8. The molecule has 0 saturated carbocycles. The number of aliphatic hydroxyl groups is 1. The number of nitrogens with zero attached hydrogens (tertiary/aromatic N) is 2. The lowest BCUT2D eigenvalue weighted by Gasteiger charge is -2.24. The van der Waals surface area contributed by atoms with Gasteiger partial charge in [0.05, 0.1) is 24.3 Å². The first-order valence-corrected chi connectivity index (χ1v) is 6.13. The van der Waals surface area contributed by atoms with Crippen LogP contribution in [-0.4, -0.2) is 51.3 Å². The molecule has 0 radical (unpaired) electrons. The average molecular weight is 281 g/mol. The molecule has 0 spiro atoms. The number of carboxylic acid groups (broad SMARTS) is 1. The number of hydrogen-bond donors (Lipinski definition) is 3. The van der Waals surface area contributed by atoms with Gasteiger partial charge in [-0.05, 0) is 19.1 Å². The number of aromatic nitrogens is 1. The number of rotatable bonds is 6. The highest BCUT2D eigenvalue weighted by molar-refractivity contribution is 5.74. The van der Waals surface area contributed by atoms with Gasteiger partial charge in [-0.1, -0.05) is 6.07 Å². The second-order valence-corrected chi connectivity index (χ2v) is 4.90. The monoisotopic (exact) mass is 281 g/mol. The van der Waals surface area contributed by atoms with Crippen molar-refractivity contribution in [3.63, 3.8) is 0 Å². The predicted molar refractivity (Wildman–Crippen MR) is 72.0 cm³/mol. The van der Waals surface area contributed by atoms with Crippen LogP contribution >= 0.6 is 0 Å². The van der Waals surface area contributed by atoms with Crippen molar-refractivity contribution in [1.29, 1.82) is 0 Å². The zero-order chi connectivity index (χ0) is 15.2. The van der Waals surface area contributed by atoms with E-state index in [4.69, 9.17) is 5.11 Å². The summed E-state index contributed by atoms with van der Waals surface area (Å²) in [4.78, 5) is 27.9. The summed E-state index contributed by atoms with van der Waals surface area (Å²) in [6.07, 6.45) is 1.20. The summed E-state index contributed by atoms with van der Waals surface area (Å²) in [7, 11) is 1.59. The Kier molecular flexibility index (Phi) is 5.45. The third-order valence-electron chi connectivity index (χ3n) is 2.62. The summed E-state index contributed by atoms with van der Waals surface area (Å²) in [5, 5.41) is 20.9. The van der Waals surface area contributed by atoms with E-state index in [1.807, 2.05) is 6.07 Å². The van der Waals surface area contributed by atoms with Crippen molar-refractivity contribution in [2.24, 2.45) is 0 Å². The summed E-state index contributed by atoms with van der Waals surface area (Å²) in [5.41, 5.74) is -0.740. The minimum absolute atomic E-state index is 0.134. The van der Waals surface area contributed by atoms with Gasteiger partial charge in [-0.3, -0.25) is 9.78 Å². The third kappa shape index (κ3) is 5.66. The van der Waals surface area contributed by atoms with Gasteiger partial charge >= 0.3 is 12.0 Å². The summed E-state index contributed by atoms with van der Waals surface area (Å²) in [6.45, 7) is 1.55.